The predicted octanol–water partition coefficient (Wildman–Crippen LogP) is 0.740. The molecule has 0 bridgehead atoms. The molecule has 0 fully saturated rings. The Hall–Kier alpha value is -1.10. The molecular weight excluding hydrogens is 220 g/mol. The number of unbranched alkanes of at least 4 members (excludes halogenated alkanes) is 1. The summed E-state index contributed by atoms with van der Waals surface area (Å²) >= 11 is 0. The van der Waals surface area contributed by atoms with Crippen molar-refractivity contribution in [1.82, 2.24) is 9.80 Å². The molecular formula is C12H24N2O3. The van der Waals surface area contributed by atoms with Crippen LogP contribution in [-0.4, -0.2) is 63.0 Å². The molecule has 0 aliphatic heterocycles. The number of nitrogens with zero attached hydrogens (tertiary/aromatic N) is 2. The van der Waals surface area contributed by atoms with Gasteiger partial charge in [-0.2, -0.15) is 0 Å². The van der Waals surface area contributed by atoms with E-state index in [4.69, 9.17) is 0 Å². The van der Waals surface area contributed by atoms with Crippen molar-refractivity contribution in [2.24, 2.45) is 0 Å². The molecule has 0 saturated heterocycles. The molecule has 0 aromatic rings. The Kier molecular flexibility index (Phi) is 8.40. The molecule has 0 saturated carbocycles. The molecule has 5 nitrogen and oxygen atoms in total. The van der Waals surface area contributed by atoms with Crippen LogP contribution < -0.4 is 0 Å². The maximum atomic E-state index is 11.7. The van der Waals surface area contributed by atoms with Gasteiger partial charge in [0.25, 0.3) is 0 Å². The molecule has 0 rings (SSSR count). The van der Waals surface area contributed by atoms with Crippen molar-refractivity contribution in [3.63, 3.8) is 0 Å². The van der Waals surface area contributed by atoms with Crippen LogP contribution in [0.4, 0.5) is 0 Å². The summed E-state index contributed by atoms with van der Waals surface area (Å²) < 4.78 is 4.53. The topological polar surface area (TPSA) is 49.9 Å². The highest BCUT2D eigenvalue weighted by Gasteiger charge is 2.09. The van der Waals surface area contributed by atoms with Gasteiger partial charge in [0.1, 0.15) is 0 Å². The molecule has 1 amide bonds. The minimum atomic E-state index is -0.210. The van der Waals surface area contributed by atoms with Crippen molar-refractivity contribution in [3.05, 3.63) is 0 Å². The van der Waals surface area contributed by atoms with Crippen LogP contribution in [0.3, 0.4) is 0 Å². The van der Waals surface area contributed by atoms with Crippen molar-refractivity contribution < 1.29 is 14.3 Å². The van der Waals surface area contributed by atoms with Gasteiger partial charge in [-0.3, -0.25) is 9.59 Å². The third kappa shape index (κ3) is 8.68. The first-order valence-corrected chi connectivity index (χ1v) is 5.93. The number of hydrogen-bond acceptors (Lipinski definition) is 4. The van der Waals surface area contributed by atoms with Crippen LogP contribution in [0.25, 0.3) is 0 Å². The fraction of sp³-hybridized carbons (Fsp3) is 0.833. The normalized spacial score (nSPS) is 10.4. The highest BCUT2D eigenvalue weighted by atomic mass is 16.5. The average Bonchev–Trinajstić information content (AvgIpc) is 2.30. The molecule has 0 N–H and O–H groups in total. The first-order chi connectivity index (χ1) is 7.97. The van der Waals surface area contributed by atoms with Crippen LogP contribution in [0.5, 0.6) is 0 Å². The van der Waals surface area contributed by atoms with Crippen LogP contribution in [-0.2, 0) is 14.3 Å². The second-order valence-corrected chi connectivity index (χ2v) is 4.40. The van der Waals surface area contributed by atoms with Gasteiger partial charge in [-0.05, 0) is 26.9 Å². The molecule has 0 atom stereocenters. The lowest BCUT2D eigenvalue weighted by molar-refractivity contribution is -0.141. The van der Waals surface area contributed by atoms with E-state index in [0.717, 1.165) is 19.5 Å². The number of amides is 1. The maximum Gasteiger partial charge on any atom is 0.305 e. The number of carbonyl (C=O) groups excluding carboxylic acids is 2. The number of rotatable bonds is 8. The molecule has 5 heteroatoms. The number of methoxy groups -OCH3 is 1. The molecule has 0 aliphatic rings. The second-order valence-electron chi connectivity index (χ2n) is 4.40. The molecule has 17 heavy (non-hydrogen) atoms. The number of likely N-dealkylation sites (N-methyl/N-ethyl adjacent to an activating group) is 2. The Bertz CT molecular complexity index is 242. The Labute approximate surface area is 104 Å². The lowest BCUT2D eigenvalue weighted by Crippen LogP contribution is -2.33. The van der Waals surface area contributed by atoms with Crippen LogP contribution >= 0.6 is 0 Å². The van der Waals surface area contributed by atoms with Crippen LogP contribution in [0.1, 0.15) is 25.7 Å². The van der Waals surface area contributed by atoms with Gasteiger partial charge in [-0.25, -0.2) is 0 Å². The lowest BCUT2D eigenvalue weighted by Gasteiger charge is -2.19. The Morgan fingerprint density at radius 3 is 2.12 bits per heavy atom. The molecule has 0 radical (unpaired) electrons. The molecule has 0 spiro atoms. The van der Waals surface area contributed by atoms with Crippen molar-refractivity contribution >= 4 is 11.9 Å². The van der Waals surface area contributed by atoms with E-state index < -0.39 is 0 Å². The zero-order chi connectivity index (χ0) is 13.3. The summed E-state index contributed by atoms with van der Waals surface area (Å²) in [6.07, 6.45) is 2.34. The first kappa shape index (κ1) is 15.9. The summed E-state index contributed by atoms with van der Waals surface area (Å²) in [5.41, 5.74) is 0. The van der Waals surface area contributed by atoms with Crippen LogP contribution in [0.15, 0.2) is 0 Å². The molecule has 0 heterocycles. The van der Waals surface area contributed by atoms with Gasteiger partial charge in [0, 0.05) is 33.0 Å². The van der Waals surface area contributed by atoms with E-state index in [1.165, 1.54) is 7.11 Å². The molecule has 0 aromatic heterocycles. The minimum absolute atomic E-state index is 0.136. The second kappa shape index (κ2) is 8.98. The van der Waals surface area contributed by atoms with Gasteiger partial charge in [-0.15, -0.1) is 0 Å². The van der Waals surface area contributed by atoms with Crippen molar-refractivity contribution in [3.8, 4) is 0 Å². The van der Waals surface area contributed by atoms with Gasteiger partial charge < -0.3 is 14.5 Å². The van der Waals surface area contributed by atoms with E-state index in [9.17, 15) is 9.59 Å². The van der Waals surface area contributed by atoms with E-state index in [1.807, 2.05) is 26.0 Å². The third-order valence-electron chi connectivity index (χ3n) is 2.56. The summed E-state index contributed by atoms with van der Waals surface area (Å²) in [6, 6.07) is 0. The van der Waals surface area contributed by atoms with E-state index in [0.29, 0.717) is 19.3 Å². The number of hydrogen-bond donors (Lipinski definition) is 0. The molecule has 0 aromatic carbocycles. The van der Waals surface area contributed by atoms with E-state index in [-0.39, 0.29) is 11.9 Å². The quantitative estimate of drug-likeness (QED) is 0.467. The molecule has 100 valence electrons. The number of carbonyl (C=O) groups is 2. The predicted molar refractivity (Wildman–Crippen MR) is 66.7 cm³/mol. The van der Waals surface area contributed by atoms with E-state index in [2.05, 4.69) is 4.74 Å². The zero-order valence-electron chi connectivity index (χ0n) is 11.4. The highest BCUT2D eigenvalue weighted by molar-refractivity contribution is 5.76. The van der Waals surface area contributed by atoms with Gasteiger partial charge in [0.2, 0.25) is 5.91 Å². The van der Waals surface area contributed by atoms with Gasteiger partial charge in [-0.1, -0.05) is 0 Å². The van der Waals surface area contributed by atoms with Crippen LogP contribution in [0.2, 0.25) is 0 Å². The fourth-order valence-corrected chi connectivity index (χ4v) is 1.31. The summed E-state index contributed by atoms with van der Waals surface area (Å²) in [7, 11) is 7.15. The highest BCUT2D eigenvalue weighted by Crippen LogP contribution is 2.03. The van der Waals surface area contributed by atoms with Gasteiger partial charge in [0.05, 0.1) is 7.11 Å². The van der Waals surface area contributed by atoms with Crippen molar-refractivity contribution in [1.29, 1.82) is 0 Å². The van der Waals surface area contributed by atoms with Gasteiger partial charge >= 0.3 is 5.97 Å². The van der Waals surface area contributed by atoms with Crippen molar-refractivity contribution in [2.45, 2.75) is 25.7 Å². The largest absolute Gasteiger partial charge is 0.469 e. The van der Waals surface area contributed by atoms with Gasteiger partial charge in [0.15, 0.2) is 0 Å². The SMILES string of the molecule is COC(=O)CCCCC(=O)N(C)CCN(C)C. The average molecular weight is 244 g/mol. The lowest BCUT2D eigenvalue weighted by atomic mass is 10.2. The summed E-state index contributed by atoms with van der Waals surface area (Å²) in [5.74, 6) is -0.0740. The number of esters is 1. The third-order valence-corrected chi connectivity index (χ3v) is 2.56. The molecule has 0 aliphatic carbocycles. The van der Waals surface area contributed by atoms with Crippen LogP contribution in [0, 0.1) is 0 Å². The zero-order valence-corrected chi connectivity index (χ0v) is 11.4. The standard InChI is InChI=1S/C12H24N2O3/c1-13(2)9-10-14(3)11(15)7-5-6-8-12(16)17-4/h5-10H2,1-4H3. The summed E-state index contributed by atoms with van der Waals surface area (Å²) in [6.45, 7) is 1.60. The summed E-state index contributed by atoms with van der Waals surface area (Å²) in [5, 5.41) is 0. The van der Waals surface area contributed by atoms with E-state index in [1.54, 1.807) is 4.90 Å². The molecule has 0 unspecified atom stereocenters. The van der Waals surface area contributed by atoms with E-state index >= 15 is 0 Å². The monoisotopic (exact) mass is 244 g/mol. The Morgan fingerprint density at radius 2 is 1.59 bits per heavy atom. The first-order valence-electron chi connectivity index (χ1n) is 5.93. The minimum Gasteiger partial charge on any atom is -0.469 e. The Morgan fingerprint density at radius 1 is 1.00 bits per heavy atom. The maximum absolute atomic E-state index is 11.7. The fourth-order valence-electron chi connectivity index (χ4n) is 1.31. The van der Waals surface area contributed by atoms with Crippen molar-refractivity contribution in [2.75, 3.05) is 41.3 Å². The summed E-state index contributed by atoms with van der Waals surface area (Å²) in [4.78, 5) is 26.3. The smallest absolute Gasteiger partial charge is 0.305 e. The number of ether oxygens (including phenoxy) is 1. The Balaban J connectivity index is 3.60.